The van der Waals surface area contributed by atoms with Gasteiger partial charge in [-0.3, -0.25) is 4.79 Å². The van der Waals surface area contributed by atoms with E-state index in [1.165, 1.54) is 0 Å². The Morgan fingerprint density at radius 1 is 1.16 bits per heavy atom. The highest BCUT2D eigenvalue weighted by Gasteiger charge is 2.30. The number of anilines is 1. The molecule has 31 heavy (non-hydrogen) atoms. The summed E-state index contributed by atoms with van der Waals surface area (Å²) in [6.07, 6.45) is 2.16. The van der Waals surface area contributed by atoms with E-state index in [4.69, 9.17) is 4.74 Å². The molecule has 1 aromatic carbocycles. The number of benzene rings is 1. The van der Waals surface area contributed by atoms with Crippen LogP contribution in [0.15, 0.2) is 42.6 Å². The predicted molar refractivity (Wildman–Crippen MR) is 115 cm³/mol. The van der Waals surface area contributed by atoms with Gasteiger partial charge in [0, 0.05) is 17.9 Å². The Morgan fingerprint density at radius 3 is 2.74 bits per heavy atom. The SMILES string of the molecule is Cc1nnc2ccc(-n3ncc4c3NC(=O)C[C@H]4c3ccc(OCC(C)C)cc3)nn12. The smallest absolute Gasteiger partial charge is 0.226 e. The van der Waals surface area contributed by atoms with Crippen molar-refractivity contribution >= 4 is 17.4 Å². The summed E-state index contributed by atoms with van der Waals surface area (Å²) in [7, 11) is 0. The topological polar surface area (TPSA) is 99.2 Å². The predicted octanol–water partition coefficient (Wildman–Crippen LogP) is 3.13. The van der Waals surface area contributed by atoms with Crippen molar-refractivity contribution in [3.63, 3.8) is 0 Å². The molecule has 4 aromatic rings. The van der Waals surface area contributed by atoms with Gasteiger partial charge in [0.15, 0.2) is 17.3 Å². The molecule has 0 saturated carbocycles. The number of aromatic nitrogens is 6. The van der Waals surface area contributed by atoms with Gasteiger partial charge in [-0.25, -0.2) is 0 Å². The fourth-order valence-corrected chi connectivity index (χ4v) is 3.75. The minimum Gasteiger partial charge on any atom is -0.493 e. The molecule has 0 saturated heterocycles. The number of nitrogens with zero attached hydrogens (tertiary/aromatic N) is 6. The van der Waals surface area contributed by atoms with Gasteiger partial charge in [-0.05, 0) is 42.7 Å². The van der Waals surface area contributed by atoms with E-state index < -0.39 is 0 Å². The summed E-state index contributed by atoms with van der Waals surface area (Å²) in [6.45, 7) is 6.74. The van der Waals surface area contributed by atoms with Crippen LogP contribution in [-0.2, 0) is 4.79 Å². The van der Waals surface area contributed by atoms with Crippen LogP contribution in [0.3, 0.4) is 0 Å². The molecule has 9 heteroatoms. The van der Waals surface area contributed by atoms with Crippen LogP contribution in [0.1, 0.15) is 43.1 Å². The van der Waals surface area contributed by atoms with Gasteiger partial charge in [-0.2, -0.15) is 14.3 Å². The maximum atomic E-state index is 12.5. The molecule has 0 fully saturated rings. The Morgan fingerprint density at radius 2 is 1.97 bits per heavy atom. The van der Waals surface area contributed by atoms with E-state index in [1.54, 1.807) is 15.4 Å². The Labute approximate surface area is 179 Å². The first-order valence-electron chi connectivity index (χ1n) is 10.3. The third-order valence-corrected chi connectivity index (χ3v) is 5.31. The lowest BCUT2D eigenvalue weighted by atomic mass is 9.87. The summed E-state index contributed by atoms with van der Waals surface area (Å²) >= 11 is 0. The second-order valence-electron chi connectivity index (χ2n) is 8.15. The molecule has 0 unspecified atom stereocenters. The fourth-order valence-electron chi connectivity index (χ4n) is 3.75. The van der Waals surface area contributed by atoms with Crippen molar-refractivity contribution in [2.24, 2.45) is 5.92 Å². The zero-order valence-corrected chi connectivity index (χ0v) is 17.6. The first-order valence-corrected chi connectivity index (χ1v) is 10.3. The third-order valence-electron chi connectivity index (χ3n) is 5.31. The molecule has 1 aliphatic rings. The lowest BCUT2D eigenvalue weighted by Crippen LogP contribution is -2.24. The van der Waals surface area contributed by atoms with Gasteiger partial charge >= 0.3 is 0 Å². The van der Waals surface area contributed by atoms with E-state index in [-0.39, 0.29) is 11.8 Å². The standard InChI is InChI=1S/C22H23N7O2/c1-13(2)12-31-16-6-4-15(5-7-16)17-10-21(30)24-22-18(17)11-23-29(22)20-9-8-19-26-25-14(3)28(19)27-20/h4-9,11,13,17H,10,12H2,1-3H3,(H,24,30)/t17-/m0/s1. The minimum absolute atomic E-state index is 0.0547. The molecule has 9 nitrogen and oxygen atoms in total. The molecule has 4 heterocycles. The van der Waals surface area contributed by atoms with Gasteiger partial charge in [0.25, 0.3) is 0 Å². The molecule has 1 N–H and O–H groups in total. The quantitative estimate of drug-likeness (QED) is 0.536. The Kier molecular flexibility index (Phi) is 4.65. The first-order chi connectivity index (χ1) is 15.0. The van der Waals surface area contributed by atoms with Gasteiger partial charge in [0.1, 0.15) is 11.6 Å². The molecule has 0 radical (unpaired) electrons. The average Bonchev–Trinajstić information content (AvgIpc) is 3.35. The Balaban J connectivity index is 1.49. The van der Waals surface area contributed by atoms with E-state index >= 15 is 0 Å². The normalized spacial score (nSPS) is 15.9. The number of hydrogen-bond donors (Lipinski definition) is 1. The Hall–Kier alpha value is -3.75. The number of amides is 1. The van der Waals surface area contributed by atoms with E-state index in [9.17, 15) is 4.79 Å². The summed E-state index contributed by atoms with van der Waals surface area (Å²) < 4.78 is 9.09. The van der Waals surface area contributed by atoms with Crippen LogP contribution in [0.2, 0.25) is 0 Å². The van der Waals surface area contributed by atoms with Crippen LogP contribution in [0.5, 0.6) is 5.75 Å². The molecule has 5 rings (SSSR count). The second-order valence-corrected chi connectivity index (χ2v) is 8.15. The van der Waals surface area contributed by atoms with E-state index in [1.807, 2.05) is 43.3 Å². The number of fused-ring (bicyclic) bond motifs is 2. The fraction of sp³-hybridized carbons (Fsp3) is 0.318. The van der Waals surface area contributed by atoms with Gasteiger partial charge in [-0.1, -0.05) is 26.0 Å². The molecular formula is C22H23N7O2. The molecule has 3 aromatic heterocycles. The number of ether oxygens (including phenoxy) is 1. The number of carbonyl (C=O) groups is 1. The van der Waals surface area contributed by atoms with Crippen LogP contribution in [-0.4, -0.2) is 42.1 Å². The van der Waals surface area contributed by atoms with Crippen LogP contribution >= 0.6 is 0 Å². The maximum Gasteiger partial charge on any atom is 0.226 e. The average molecular weight is 417 g/mol. The van der Waals surface area contributed by atoms with Gasteiger partial charge in [-0.15, -0.1) is 15.3 Å². The number of hydrogen-bond acceptors (Lipinski definition) is 6. The zero-order valence-electron chi connectivity index (χ0n) is 17.6. The van der Waals surface area contributed by atoms with Crippen molar-refractivity contribution in [3.05, 3.63) is 59.5 Å². The number of aryl methyl sites for hydroxylation is 1. The number of rotatable bonds is 5. The summed E-state index contributed by atoms with van der Waals surface area (Å²) in [5.41, 5.74) is 2.66. The molecular weight excluding hydrogens is 394 g/mol. The van der Waals surface area contributed by atoms with Crippen LogP contribution in [0, 0.1) is 12.8 Å². The van der Waals surface area contributed by atoms with Crippen molar-refractivity contribution in [2.45, 2.75) is 33.1 Å². The second kappa shape index (κ2) is 7.50. The van der Waals surface area contributed by atoms with Crippen molar-refractivity contribution < 1.29 is 9.53 Å². The van der Waals surface area contributed by atoms with Crippen molar-refractivity contribution in [1.29, 1.82) is 0 Å². The van der Waals surface area contributed by atoms with Crippen LogP contribution < -0.4 is 10.1 Å². The largest absolute Gasteiger partial charge is 0.493 e. The van der Waals surface area contributed by atoms with Crippen LogP contribution in [0.25, 0.3) is 11.5 Å². The summed E-state index contributed by atoms with van der Waals surface area (Å²) in [5, 5.41) is 20.2. The lowest BCUT2D eigenvalue weighted by Gasteiger charge is -2.23. The highest BCUT2D eigenvalue weighted by atomic mass is 16.5. The highest BCUT2D eigenvalue weighted by molar-refractivity contribution is 5.94. The monoisotopic (exact) mass is 417 g/mol. The summed E-state index contributed by atoms with van der Waals surface area (Å²) in [4.78, 5) is 12.5. The van der Waals surface area contributed by atoms with E-state index in [0.717, 1.165) is 16.9 Å². The maximum absolute atomic E-state index is 12.5. The number of nitrogens with one attached hydrogen (secondary N) is 1. The van der Waals surface area contributed by atoms with Gasteiger partial charge < -0.3 is 10.1 Å². The third kappa shape index (κ3) is 3.52. The Bertz CT molecular complexity index is 1260. The van der Waals surface area contributed by atoms with Crippen molar-refractivity contribution in [2.75, 3.05) is 11.9 Å². The summed E-state index contributed by atoms with van der Waals surface area (Å²) in [6, 6.07) is 11.6. The molecule has 0 bridgehead atoms. The van der Waals surface area contributed by atoms with Gasteiger partial charge in [0.05, 0.1) is 12.8 Å². The van der Waals surface area contributed by atoms with E-state index in [0.29, 0.717) is 42.1 Å². The van der Waals surface area contributed by atoms with E-state index in [2.05, 4.69) is 39.6 Å². The zero-order chi connectivity index (χ0) is 21.5. The minimum atomic E-state index is -0.0861. The highest BCUT2D eigenvalue weighted by Crippen LogP contribution is 2.38. The lowest BCUT2D eigenvalue weighted by molar-refractivity contribution is -0.116. The molecule has 1 amide bonds. The summed E-state index contributed by atoms with van der Waals surface area (Å²) in [5.74, 6) is 3.05. The van der Waals surface area contributed by atoms with Crippen molar-refractivity contribution in [1.82, 2.24) is 29.6 Å². The molecule has 1 aliphatic heterocycles. The first kappa shape index (κ1) is 19.2. The molecule has 0 spiro atoms. The molecule has 158 valence electrons. The van der Waals surface area contributed by atoms with Crippen LogP contribution in [0.4, 0.5) is 5.82 Å². The van der Waals surface area contributed by atoms with Gasteiger partial charge in [0.2, 0.25) is 5.91 Å². The molecule has 0 aliphatic carbocycles. The number of carbonyl (C=O) groups excluding carboxylic acids is 1. The van der Waals surface area contributed by atoms with Crippen molar-refractivity contribution in [3.8, 4) is 11.6 Å². The molecule has 1 atom stereocenters.